The van der Waals surface area contributed by atoms with E-state index < -0.39 is 0 Å². The van der Waals surface area contributed by atoms with Crippen LogP contribution in [0.2, 0.25) is 0 Å². The van der Waals surface area contributed by atoms with E-state index in [1.54, 1.807) is 11.3 Å². The monoisotopic (exact) mass is 832 g/mol. The van der Waals surface area contributed by atoms with Crippen molar-refractivity contribution in [2.24, 2.45) is 0 Å². The molecule has 296 valence electrons. The van der Waals surface area contributed by atoms with Gasteiger partial charge in [-0.2, -0.15) is 0 Å². The summed E-state index contributed by atoms with van der Waals surface area (Å²) in [6.45, 7) is 0. The molecule has 15 aromatic rings. The predicted molar refractivity (Wildman–Crippen MR) is 269 cm³/mol. The third-order valence-corrected chi connectivity index (χ3v) is 14.5. The zero-order valence-corrected chi connectivity index (χ0v) is 34.9. The first-order valence-corrected chi connectivity index (χ1v) is 22.5. The first kappa shape index (κ1) is 34.3. The number of para-hydroxylation sites is 3. The van der Waals surface area contributed by atoms with Crippen LogP contribution in [-0.2, 0) is 0 Å². The summed E-state index contributed by atoms with van der Waals surface area (Å²) in [7, 11) is 0. The van der Waals surface area contributed by atoms with E-state index in [1.165, 1.54) is 32.3 Å². The molecule has 0 bridgehead atoms. The van der Waals surface area contributed by atoms with Gasteiger partial charge in [-0.3, -0.25) is 4.57 Å². The second kappa shape index (κ2) is 12.6. The molecule has 0 aliphatic heterocycles. The van der Waals surface area contributed by atoms with Crippen molar-refractivity contribution >= 4 is 130 Å². The number of fused-ring (bicyclic) bond motifs is 18. The van der Waals surface area contributed by atoms with Crippen LogP contribution in [0.25, 0.3) is 141 Å². The van der Waals surface area contributed by atoms with Crippen molar-refractivity contribution in [3.8, 4) is 22.8 Å². The molecule has 0 amide bonds. The largest absolute Gasteiger partial charge is 0.454 e. The van der Waals surface area contributed by atoms with E-state index in [2.05, 4.69) is 203 Å². The predicted octanol–water partition coefficient (Wildman–Crippen LogP) is 16.1. The maximum Gasteiger partial charge on any atom is 0.165 e. The van der Waals surface area contributed by atoms with E-state index in [0.29, 0.717) is 0 Å². The zero-order chi connectivity index (χ0) is 41.6. The van der Waals surface area contributed by atoms with E-state index in [0.717, 1.165) is 109 Å². The molecule has 0 atom stereocenters. The number of benzene rings is 10. The Bertz CT molecular complexity index is 4490. The first-order valence-electron chi connectivity index (χ1n) is 21.6. The van der Waals surface area contributed by atoms with Crippen molar-refractivity contribution in [1.82, 2.24) is 19.1 Å². The number of aromatic nitrogens is 4. The van der Waals surface area contributed by atoms with Crippen molar-refractivity contribution < 1.29 is 4.42 Å². The van der Waals surface area contributed by atoms with Crippen LogP contribution in [0.4, 0.5) is 0 Å². The Morgan fingerprint density at radius 2 is 1.02 bits per heavy atom. The third kappa shape index (κ3) is 4.61. The molecule has 0 N–H and O–H groups in total. The molecule has 64 heavy (non-hydrogen) atoms. The molecule has 0 radical (unpaired) electrons. The lowest BCUT2D eigenvalue weighted by Gasteiger charge is -2.14. The quantitative estimate of drug-likeness (QED) is 0.178. The SMILES string of the molecule is c1ccc(-n2c3ccccc3c3cc(-c4nc5sc6cc7ccccc7cc6c5nc4-n4c5ccccc5c5c6ccccc6c6c7cc8ccccc8cc7oc6c54)ccc32)cc1. The maximum atomic E-state index is 7.19. The van der Waals surface area contributed by atoms with E-state index in [1.807, 2.05) is 0 Å². The van der Waals surface area contributed by atoms with Crippen molar-refractivity contribution in [3.05, 3.63) is 194 Å². The summed E-state index contributed by atoms with van der Waals surface area (Å²) in [5.41, 5.74) is 9.85. The number of hydrogen-bond acceptors (Lipinski definition) is 4. The summed E-state index contributed by atoms with van der Waals surface area (Å²) >= 11 is 1.71. The molecule has 0 fully saturated rings. The molecule has 10 aromatic carbocycles. The van der Waals surface area contributed by atoms with E-state index >= 15 is 0 Å². The van der Waals surface area contributed by atoms with Gasteiger partial charge in [-0.1, -0.05) is 133 Å². The molecular formula is C58H32N4OS. The summed E-state index contributed by atoms with van der Waals surface area (Å²) in [6.07, 6.45) is 0. The van der Waals surface area contributed by atoms with Crippen LogP contribution in [-0.4, -0.2) is 19.1 Å². The Kier molecular flexibility index (Phi) is 6.77. The first-order chi connectivity index (χ1) is 31.7. The molecule has 5 aromatic heterocycles. The fourth-order valence-corrected chi connectivity index (χ4v) is 11.7. The second-order valence-corrected chi connectivity index (χ2v) is 17.9. The molecule has 0 aliphatic rings. The minimum atomic E-state index is 0.764. The Labute approximate surface area is 368 Å². The minimum absolute atomic E-state index is 0.764. The van der Waals surface area contributed by atoms with Crippen molar-refractivity contribution in [2.75, 3.05) is 0 Å². The molecule has 0 saturated carbocycles. The minimum Gasteiger partial charge on any atom is -0.454 e. The van der Waals surface area contributed by atoms with Crippen LogP contribution in [0.5, 0.6) is 0 Å². The van der Waals surface area contributed by atoms with Gasteiger partial charge >= 0.3 is 0 Å². The number of nitrogens with zero attached hydrogens (tertiary/aromatic N) is 4. The topological polar surface area (TPSA) is 48.8 Å². The third-order valence-electron chi connectivity index (χ3n) is 13.4. The lowest BCUT2D eigenvalue weighted by atomic mass is 9.98. The highest BCUT2D eigenvalue weighted by Crippen LogP contribution is 2.48. The fourth-order valence-electron chi connectivity index (χ4n) is 10.7. The number of thiophene rings is 1. The van der Waals surface area contributed by atoms with Crippen LogP contribution in [0.3, 0.4) is 0 Å². The van der Waals surface area contributed by atoms with Gasteiger partial charge in [0.2, 0.25) is 0 Å². The van der Waals surface area contributed by atoms with Gasteiger partial charge in [-0.25, -0.2) is 9.97 Å². The van der Waals surface area contributed by atoms with Crippen molar-refractivity contribution in [3.63, 3.8) is 0 Å². The highest BCUT2D eigenvalue weighted by Gasteiger charge is 2.27. The highest BCUT2D eigenvalue weighted by atomic mass is 32.1. The summed E-state index contributed by atoms with van der Waals surface area (Å²) in [5.74, 6) is 0.764. The van der Waals surface area contributed by atoms with Gasteiger partial charge < -0.3 is 8.98 Å². The molecule has 5 nitrogen and oxygen atoms in total. The molecule has 0 spiro atoms. The number of rotatable bonds is 3. The molecule has 15 rings (SSSR count). The smallest absolute Gasteiger partial charge is 0.165 e. The number of hydrogen-bond donors (Lipinski definition) is 0. The van der Waals surface area contributed by atoms with Crippen LogP contribution in [0.1, 0.15) is 0 Å². The summed E-state index contributed by atoms with van der Waals surface area (Å²) in [4.78, 5) is 12.5. The summed E-state index contributed by atoms with van der Waals surface area (Å²) in [6, 6.07) is 69.8. The molecule has 0 saturated heterocycles. The normalized spacial score (nSPS) is 12.4. The molecule has 6 heteroatoms. The number of furan rings is 1. The molecular weight excluding hydrogens is 801 g/mol. The Balaban J connectivity index is 1.12. The summed E-state index contributed by atoms with van der Waals surface area (Å²) in [5, 5.41) is 15.0. The van der Waals surface area contributed by atoms with E-state index in [9.17, 15) is 0 Å². The zero-order valence-electron chi connectivity index (χ0n) is 34.1. The Hall–Kier alpha value is -8.32. The van der Waals surface area contributed by atoms with Gasteiger partial charge in [0.25, 0.3) is 0 Å². The van der Waals surface area contributed by atoms with Crippen LogP contribution < -0.4 is 0 Å². The van der Waals surface area contributed by atoms with Crippen LogP contribution >= 0.6 is 11.3 Å². The molecule has 0 unspecified atom stereocenters. The van der Waals surface area contributed by atoms with Gasteiger partial charge in [0.15, 0.2) is 11.4 Å². The fraction of sp³-hybridized carbons (Fsp3) is 0. The lowest BCUT2D eigenvalue weighted by Crippen LogP contribution is -2.03. The van der Waals surface area contributed by atoms with Crippen molar-refractivity contribution in [2.45, 2.75) is 0 Å². The van der Waals surface area contributed by atoms with E-state index in [4.69, 9.17) is 14.4 Å². The van der Waals surface area contributed by atoms with Gasteiger partial charge in [0.1, 0.15) is 21.6 Å². The molecule has 0 aliphatic carbocycles. The van der Waals surface area contributed by atoms with Crippen LogP contribution in [0.15, 0.2) is 199 Å². The van der Waals surface area contributed by atoms with Gasteiger partial charge in [0.05, 0.1) is 22.1 Å². The summed E-state index contributed by atoms with van der Waals surface area (Å²) < 4.78 is 13.1. The standard InChI is InChI=1S/C58H32N4OS/c1-2-18-38(19-3-1)61-46-24-12-10-20-39(46)43-30-37(26-27-48(43)61)53-57(59-54-45-29-34-15-5-7-17-36(34)32-50(45)64-58(54)60-53)62-47-25-13-11-23-42(47)51-40-21-8-9-22-41(40)52-44-28-33-14-4-6-16-35(33)31-49(44)63-56(52)55(51)62/h1-32H. The van der Waals surface area contributed by atoms with Crippen LogP contribution in [0, 0.1) is 0 Å². The second-order valence-electron chi connectivity index (χ2n) is 16.9. The Morgan fingerprint density at radius 3 is 1.78 bits per heavy atom. The molecule has 5 heterocycles. The Morgan fingerprint density at radius 1 is 0.422 bits per heavy atom. The maximum absolute atomic E-state index is 7.19. The van der Waals surface area contributed by atoms with Gasteiger partial charge in [-0.15, -0.1) is 11.3 Å². The van der Waals surface area contributed by atoms with E-state index in [-0.39, 0.29) is 0 Å². The average Bonchev–Trinajstić information content (AvgIpc) is 4.09. The average molecular weight is 833 g/mol. The van der Waals surface area contributed by atoms with Gasteiger partial charge in [-0.05, 0) is 93.0 Å². The lowest BCUT2D eigenvalue weighted by molar-refractivity contribution is 0.671. The van der Waals surface area contributed by atoms with Crippen molar-refractivity contribution in [1.29, 1.82) is 0 Å². The highest BCUT2D eigenvalue weighted by molar-refractivity contribution is 7.25. The van der Waals surface area contributed by atoms with Gasteiger partial charge in [0, 0.05) is 53.7 Å².